The second-order valence-corrected chi connectivity index (χ2v) is 4.37. The van der Waals surface area contributed by atoms with E-state index in [-0.39, 0.29) is 0 Å². The summed E-state index contributed by atoms with van der Waals surface area (Å²) in [5.41, 5.74) is 0.732. The predicted octanol–water partition coefficient (Wildman–Crippen LogP) is 4.01. The summed E-state index contributed by atoms with van der Waals surface area (Å²) in [7, 11) is 0. The minimum atomic E-state index is -4.40. The predicted molar refractivity (Wildman–Crippen MR) is 62.7 cm³/mol. The summed E-state index contributed by atoms with van der Waals surface area (Å²) in [6.45, 7) is 4.06. The fourth-order valence-electron chi connectivity index (χ4n) is 1.72. The molecule has 2 rings (SSSR count). The molecule has 0 unspecified atom stereocenters. The number of rotatable bonds is 2. The summed E-state index contributed by atoms with van der Waals surface area (Å²) in [6, 6.07) is 7.91. The van der Waals surface area contributed by atoms with E-state index in [2.05, 4.69) is 5.10 Å². The number of aromatic nitrogens is 2. The minimum Gasteiger partial charge on any atom is -0.229 e. The van der Waals surface area contributed by atoms with Gasteiger partial charge in [-0.05, 0) is 29.7 Å². The average molecular weight is 254 g/mol. The lowest BCUT2D eigenvalue weighted by Gasteiger charge is -2.11. The Morgan fingerprint density at radius 3 is 2.17 bits per heavy atom. The van der Waals surface area contributed by atoms with E-state index < -0.39 is 11.9 Å². The van der Waals surface area contributed by atoms with Crippen molar-refractivity contribution >= 4 is 0 Å². The van der Waals surface area contributed by atoms with Crippen LogP contribution in [-0.4, -0.2) is 9.78 Å². The highest BCUT2D eigenvalue weighted by Crippen LogP contribution is 2.30. The smallest absolute Gasteiger partial charge is 0.229 e. The zero-order valence-electron chi connectivity index (χ0n) is 10.1. The van der Waals surface area contributed by atoms with Gasteiger partial charge in [0.15, 0.2) is 0 Å². The lowest BCUT2D eigenvalue weighted by Crippen LogP contribution is -2.13. The Bertz CT molecular complexity index is 524. The van der Waals surface area contributed by atoms with Crippen LogP contribution in [0.3, 0.4) is 0 Å². The Morgan fingerprint density at radius 2 is 1.67 bits per heavy atom. The highest BCUT2D eigenvalue weighted by molar-refractivity contribution is 5.36. The van der Waals surface area contributed by atoms with E-state index in [1.807, 2.05) is 26.0 Å². The molecule has 1 aromatic carbocycles. The van der Waals surface area contributed by atoms with Gasteiger partial charge in [-0.3, -0.25) is 0 Å². The maximum absolute atomic E-state index is 12.7. The molecule has 0 saturated carbocycles. The SMILES string of the molecule is CC(C)c1ccc(-n2nccc2C(F)(F)F)cc1. The highest BCUT2D eigenvalue weighted by Gasteiger charge is 2.35. The fraction of sp³-hybridized carbons (Fsp3) is 0.308. The second kappa shape index (κ2) is 4.48. The molecule has 5 heteroatoms. The van der Waals surface area contributed by atoms with Crippen molar-refractivity contribution in [2.75, 3.05) is 0 Å². The van der Waals surface area contributed by atoms with E-state index in [1.165, 1.54) is 0 Å². The molecule has 0 aliphatic heterocycles. The summed E-state index contributed by atoms with van der Waals surface area (Å²) in [5, 5.41) is 3.72. The van der Waals surface area contributed by atoms with E-state index in [0.717, 1.165) is 22.5 Å². The maximum atomic E-state index is 12.7. The molecule has 1 heterocycles. The first-order valence-electron chi connectivity index (χ1n) is 5.61. The third kappa shape index (κ3) is 2.39. The Balaban J connectivity index is 2.41. The molecule has 2 nitrogen and oxygen atoms in total. The van der Waals surface area contributed by atoms with Crippen molar-refractivity contribution in [3.05, 3.63) is 47.8 Å². The van der Waals surface area contributed by atoms with Crippen molar-refractivity contribution in [3.63, 3.8) is 0 Å². The summed E-state index contributed by atoms with van der Waals surface area (Å²) >= 11 is 0. The van der Waals surface area contributed by atoms with E-state index >= 15 is 0 Å². The highest BCUT2D eigenvalue weighted by atomic mass is 19.4. The van der Waals surface area contributed by atoms with Gasteiger partial charge >= 0.3 is 6.18 Å². The Kier molecular flexibility index (Phi) is 3.15. The van der Waals surface area contributed by atoms with Gasteiger partial charge in [-0.15, -0.1) is 0 Å². The zero-order valence-corrected chi connectivity index (χ0v) is 10.1. The quantitative estimate of drug-likeness (QED) is 0.791. The Labute approximate surface area is 103 Å². The van der Waals surface area contributed by atoms with Gasteiger partial charge in [0.2, 0.25) is 0 Å². The molecule has 0 amide bonds. The van der Waals surface area contributed by atoms with Gasteiger partial charge < -0.3 is 0 Å². The van der Waals surface area contributed by atoms with Crippen LogP contribution in [0.5, 0.6) is 0 Å². The van der Waals surface area contributed by atoms with E-state index in [1.54, 1.807) is 12.1 Å². The molecule has 0 N–H and O–H groups in total. The Hall–Kier alpha value is -1.78. The molecule has 0 radical (unpaired) electrons. The number of alkyl halides is 3. The van der Waals surface area contributed by atoms with Crippen molar-refractivity contribution in [1.29, 1.82) is 0 Å². The van der Waals surface area contributed by atoms with Crippen LogP contribution >= 0.6 is 0 Å². The molecule has 0 atom stereocenters. The molecule has 0 bridgehead atoms. The van der Waals surface area contributed by atoms with Crippen molar-refractivity contribution in [3.8, 4) is 5.69 Å². The van der Waals surface area contributed by atoms with Crippen molar-refractivity contribution in [2.24, 2.45) is 0 Å². The number of nitrogens with zero attached hydrogens (tertiary/aromatic N) is 2. The van der Waals surface area contributed by atoms with E-state index in [4.69, 9.17) is 0 Å². The maximum Gasteiger partial charge on any atom is 0.433 e. The number of halogens is 3. The first-order valence-corrected chi connectivity index (χ1v) is 5.61. The molecular weight excluding hydrogens is 241 g/mol. The number of hydrogen-bond donors (Lipinski definition) is 0. The number of benzene rings is 1. The third-order valence-electron chi connectivity index (χ3n) is 2.74. The van der Waals surface area contributed by atoms with Crippen molar-refractivity contribution in [2.45, 2.75) is 25.9 Å². The Morgan fingerprint density at radius 1 is 1.06 bits per heavy atom. The summed E-state index contributed by atoms with van der Waals surface area (Å²) in [5.74, 6) is 0.346. The fourth-order valence-corrected chi connectivity index (χ4v) is 1.72. The van der Waals surface area contributed by atoms with Crippen molar-refractivity contribution < 1.29 is 13.2 Å². The minimum absolute atomic E-state index is 0.346. The van der Waals surface area contributed by atoms with Crippen LogP contribution in [0.25, 0.3) is 5.69 Å². The molecule has 0 saturated heterocycles. The second-order valence-electron chi connectivity index (χ2n) is 4.37. The van der Waals surface area contributed by atoms with Gasteiger partial charge in [-0.25, -0.2) is 4.68 Å². The monoisotopic (exact) mass is 254 g/mol. The third-order valence-corrected chi connectivity index (χ3v) is 2.74. The van der Waals surface area contributed by atoms with Gasteiger partial charge in [0.05, 0.1) is 11.9 Å². The summed E-state index contributed by atoms with van der Waals surface area (Å²) in [6.07, 6.45) is -3.24. The van der Waals surface area contributed by atoms with Crippen LogP contribution < -0.4 is 0 Å². The topological polar surface area (TPSA) is 17.8 Å². The molecule has 1 aromatic heterocycles. The number of hydrogen-bond acceptors (Lipinski definition) is 1. The van der Waals surface area contributed by atoms with Crippen LogP contribution in [0.2, 0.25) is 0 Å². The van der Waals surface area contributed by atoms with Crippen LogP contribution in [0.15, 0.2) is 36.5 Å². The van der Waals surface area contributed by atoms with Gasteiger partial charge in [0, 0.05) is 0 Å². The molecular formula is C13H13F3N2. The first kappa shape index (κ1) is 12.7. The zero-order chi connectivity index (χ0) is 13.3. The lowest BCUT2D eigenvalue weighted by molar-refractivity contribution is -0.142. The standard InChI is InChI=1S/C13H13F3N2/c1-9(2)10-3-5-11(6-4-10)18-12(7-8-17-18)13(14,15)16/h3-9H,1-2H3. The van der Waals surface area contributed by atoms with E-state index in [0.29, 0.717) is 11.6 Å². The molecule has 0 aliphatic rings. The average Bonchev–Trinajstić information content (AvgIpc) is 2.77. The molecule has 0 spiro atoms. The summed E-state index contributed by atoms with van der Waals surface area (Å²) < 4.78 is 39.0. The van der Waals surface area contributed by atoms with Crippen LogP contribution in [0, 0.1) is 0 Å². The molecule has 2 aromatic rings. The largest absolute Gasteiger partial charge is 0.433 e. The van der Waals surface area contributed by atoms with Crippen molar-refractivity contribution in [1.82, 2.24) is 9.78 Å². The summed E-state index contributed by atoms with van der Waals surface area (Å²) in [4.78, 5) is 0. The molecule has 96 valence electrons. The van der Waals surface area contributed by atoms with E-state index in [9.17, 15) is 13.2 Å². The molecule has 18 heavy (non-hydrogen) atoms. The van der Waals surface area contributed by atoms with Crippen LogP contribution in [-0.2, 0) is 6.18 Å². The van der Waals surface area contributed by atoms with Gasteiger partial charge in [0.1, 0.15) is 5.69 Å². The van der Waals surface area contributed by atoms with Gasteiger partial charge in [-0.1, -0.05) is 26.0 Å². The van der Waals surface area contributed by atoms with Gasteiger partial charge in [0.25, 0.3) is 0 Å². The molecule has 0 fully saturated rings. The van der Waals surface area contributed by atoms with Crippen LogP contribution in [0.1, 0.15) is 31.0 Å². The normalized spacial score (nSPS) is 12.1. The van der Waals surface area contributed by atoms with Crippen LogP contribution in [0.4, 0.5) is 13.2 Å². The lowest BCUT2D eigenvalue weighted by atomic mass is 10.0. The molecule has 0 aliphatic carbocycles. The van der Waals surface area contributed by atoms with Gasteiger partial charge in [-0.2, -0.15) is 18.3 Å². The first-order chi connectivity index (χ1) is 8.39.